The molecule has 0 aromatic carbocycles. The van der Waals surface area contributed by atoms with Crippen LogP contribution in [0, 0.1) is 29.6 Å². The number of imide groups is 1. The highest BCUT2D eigenvalue weighted by atomic mass is 16.5. The lowest BCUT2D eigenvalue weighted by molar-refractivity contribution is -0.148. The normalized spacial score (nSPS) is 40.9. The number of nitrogens with zero attached hydrogens (tertiary/aromatic N) is 1. The molecule has 0 spiro atoms. The average Bonchev–Trinajstić information content (AvgIpc) is 2.83. The fourth-order valence-corrected chi connectivity index (χ4v) is 7.13. The van der Waals surface area contributed by atoms with E-state index in [-0.39, 0.29) is 41.7 Å². The van der Waals surface area contributed by atoms with Crippen molar-refractivity contribution in [3.63, 3.8) is 0 Å². The zero-order chi connectivity index (χ0) is 24.4. The van der Waals surface area contributed by atoms with Crippen LogP contribution in [0.3, 0.4) is 0 Å². The van der Waals surface area contributed by atoms with Gasteiger partial charge in [0.15, 0.2) is 0 Å². The van der Waals surface area contributed by atoms with Gasteiger partial charge < -0.3 is 20.3 Å². The number of carbonyl (C=O) groups is 3. The Bertz CT molecular complexity index is 761. The Labute approximate surface area is 204 Å². The first-order valence-corrected chi connectivity index (χ1v) is 13.4. The van der Waals surface area contributed by atoms with Gasteiger partial charge in [0, 0.05) is 50.7 Å². The second kappa shape index (κ2) is 10.9. The molecule has 4 aliphatic rings. The molecule has 9 atom stereocenters. The summed E-state index contributed by atoms with van der Waals surface area (Å²) < 4.78 is 5.42. The van der Waals surface area contributed by atoms with Crippen LogP contribution in [0.5, 0.6) is 0 Å². The van der Waals surface area contributed by atoms with Gasteiger partial charge in [0.25, 0.3) is 0 Å². The SMILES string of the molecule is COC1CCCC(C(=O)NC(=O)NC2CCC(C)C(C3CC4CNC(C)CC4N(C)C3=O)C2)C1. The van der Waals surface area contributed by atoms with Gasteiger partial charge in [-0.1, -0.05) is 13.3 Å². The van der Waals surface area contributed by atoms with Gasteiger partial charge in [-0.15, -0.1) is 0 Å². The molecule has 2 heterocycles. The van der Waals surface area contributed by atoms with Crippen LogP contribution >= 0.6 is 0 Å². The van der Waals surface area contributed by atoms with Gasteiger partial charge in [-0.25, -0.2) is 4.79 Å². The third-order valence-electron chi connectivity index (χ3n) is 9.26. The van der Waals surface area contributed by atoms with E-state index in [0.29, 0.717) is 30.3 Å². The van der Waals surface area contributed by atoms with Crippen LogP contribution in [-0.4, -0.2) is 67.7 Å². The Morgan fingerprint density at radius 3 is 2.62 bits per heavy atom. The quantitative estimate of drug-likeness (QED) is 0.579. The Morgan fingerprint density at radius 2 is 1.85 bits per heavy atom. The summed E-state index contributed by atoms with van der Waals surface area (Å²) in [6.45, 7) is 5.42. The van der Waals surface area contributed by atoms with Gasteiger partial charge in [-0.2, -0.15) is 0 Å². The third-order valence-corrected chi connectivity index (χ3v) is 9.26. The van der Waals surface area contributed by atoms with Crippen LogP contribution in [0.2, 0.25) is 0 Å². The fourth-order valence-electron chi connectivity index (χ4n) is 7.13. The molecule has 192 valence electrons. The van der Waals surface area contributed by atoms with E-state index in [1.165, 1.54) is 0 Å². The summed E-state index contributed by atoms with van der Waals surface area (Å²) in [6.07, 6.45) is 8.10. The standard InChI is InChI=1S/C26H44N4O4/c1-15-8-9-19(28-26(33)29-24(31)17-6-5-7-20(11-17)34-4)13-21(15)22-12-18-14-27-16(2)10-23(18)30(3)25(22)32/h15-23,27H,5-14H2,1-4H3,(H2,28,29,31,33). The number of ether oxygens (including phenoxy) is 1. The van der Waals surface area contributed by atoms with Gasteiger partial charge in [0.05, 0.1) is 6.10 Å². The molecule has 0 bridgehead atoms. The van der Waals surface area contributed by atoms with Crippen LogP contribution in [0.4, 0.5) is 4.79 Å². The van der Waals surface area contributed by atoms with E-state index in [1.807, 2.05) is 11.9 Å². The lowest BCUT2D eigenvalue weighted by Crippen LogP contribution is -2.60. The summed E-state index contributed by atoms with van der Waals surface area (Å²) in [5, 5.41) is 9.22. The highest BCUT2D eigenvalue weighted by Crippen LogP contribution is 2.43. The number of hydrogen-bond donors (Lipinski definition) is 3. The van der Waals surface area contributed by atoms with E-state index in [9.17, 15) is 14.4 Å². The molecule has 2 saturated carbocycles. The van der Waals surface area contributed by atoms with E-state index in [1.54, 1.807) is 7.11 Å². The first-order chi connectivity index (χ1) is 16.3. The fraction of sp³-hybridized carbons (Fsp3) is 0.885. The molecule has 4 fully saturated rings. The minimum absolute atomic E-state index is 0.00703. The van der Waals surface area contributed by atoms with Crippen molar-refractivity contribution in [3.8, 4) is 0 Å². The van der Waals surface area contributed by atoms with E-state index in [4.69, 9.17) is 4.74 Å². The molecule has 2 aliphatic carbocycles. The van der Waals surface area contributed by atoms with Crippen molar-refractivity contribution in [2.75, 3.05) is 20.7 Å². The maximum Gasteiger partial charge on any atom is 0.321 e. The number of rotatable bonds is 4. The molecule has 0 aromatic heterocycles. The van der Waals surface area contributed by atoms with Crippen LogP contribution in [0.15, 0.2) is 0 Å². The summed E-state index contributed by atoms with van der Waals surface area (Å²) in [4.78, 5) is 40.7. The summed E-state index contributed by atoms with van der Waals surface area (Å²) in [7, 11) is 3.66. The van der Waals surface area contributed by atoms with Crippen molar-refractivity contribution >= 4 is 17.8 Å². The van der Waals surface area contributed by atoms with Crippen molar-refractivity contribution in [2.45, 2.75) is 95.9 Å². The monoisotopic (exact) mass is 476 g/mol. The maximum atomic E-state index is 13.4. The number of hydrogen-bond acceptors (Lipinski definition) is 5. The molecular formula is C26H44N4O4. The summed E-state index contributed by atoms with van der Waals surface area (Å²) in [6, 6.07) is 0.375. The molecule has 8 nitrogen and oxygen atoms in total. The van der Waals surface area contributed by atoms with Gasteiger partial charge in [-0.3, -0.25) is 14.9 Å². The zero-order valence-electron chi connectivity index (χ0n) is 21.3. The molecule has 4 amide bonds. The molecule has 9 unspecified atom stereocenters. The number of fused-ring (bicyclic) bond motifs is 1. The number of piperidine rings is 2. The Balaban J connectivity index is 1.32. The maximum absolute atomic E-state index is 13.4. The smallest absolute Gasteiger partial charge is 0.321 e. The Hall–Kier alpha value is -1.67. The van der Waals surface area contributed by atoms with Gasteiger partial charge >= 0.3 is 6.03 Å². The second-order valence-electron chi connectivity index (χ2n) is 11.5. The predicted octanol–water partition coefficient (Wildman–Crippen LogP) is 2.67. The molecule has 0 aromatic rings. The number of likely N-dealkylation sites (tertiary alicyclic amines) is 1. The molecule has 3 N–H and O–H groups in total. The molecule has 2 aliphatic heterocycles. The van der Waals surface area contributed by atoms with Gasteiger partial charge in [-0.05, 0) is 76.0 Å². The predicted molar refractivity (Wildman–Crippen MR) is 130 cm³/mol. The van der Waals surface area contributed by atoms with E-state index in [2.05, 4.69) is 29.8 Å². The van der Waals surface area contributed by atoms with E-state index >= 15 is 0 Å². The number of nitrogens with one attached hydrogen (secondary N) is 3. The van der Waals surface area contributed by atoms with Crippen molar-refractivity contribution in [1.82, 2.24) is 20.9 Å². The van der Waals surface area contributed by atoms with Crippen molar-refractivity contribution in [2.24, 2.45) is 29.6 Å². The first-order valence-electron chi connectivity index (χ1n) is 13.4. The van der Waals surface area contributed by atoms with Gasteiger partial charge in [0.1, 0.15) is 0 Å². The Kier molecular flexibility index (Phi) is 8.18. The molecule has 34 heavy (non-hydrogen) atoms. The third kappa shape index (κ3) is 5.59. The molecule has 2 saturated heterocycles. The molecule has 4 rings (SSSR count). The number of methoxy groups -OCH3 is 1. The van der Waals surface area contributed by atoms with Crippen molar-refractivity contribution in [3.05, 3.63) is 0 Å². The first kappa shape index (κ1) is 25.4. The summed E-state index contributed by atoms with van der Waals surface area (Å²) >= 11 is 0. The minimum Gasteiger partial charge on any atom is -0.381 e. The highest BCUT2D eigenvalue weighted by molar-refractivity contribution is 5.95. The number of carbonyl (C=O) groups excluding carboxylic acids is 3. The topological polar surface area (TPSA) is 99.8 Å². The lowest BCUT2D eigenvalue weighted by Gasteiger charge is -2.50. The molecular weight excluding hydrogens is 432 g/mol. The largest absolute Gasteiger partial charge is 0.381 e. The number of amides is 4. The van der Waals surface area contributed by atoms with Crippen LogP contribution in [0.1, 0.15) is 71.6 Å². The Morgan fingerprint density at radius 1 is 1.06 bits per heavy atom. The minimum atomic E-state index is -0.402. The molecule has 0 radical (unpaired) electrons. The summed E-state index contributed by atoms with van der Waals surface area (Å²) in [5.74, 6) is 1.12. The summed E-state index contributed by atoms with van der Waals surface area (Å²) in [5.41, 5.74) is 0. The van der Waals surface area contributed by atoms with Crippen molar-refractivity contribution in [1.29, 1.82) is 0 Å². The lowest BCUT2D eigenvalue weighted by atomic mass is 9.65. The van der Waals surface area contributed by atoms with Crippen LogP contribution < -0.4 is 16.0 Å². The average molecular weight is 477 g/mol. The number of urea groups is 1. The van der Waals surface area contributed by atoms with E-state index < -0.39 is 6.03 Å². The highest BCUT2D eigenvalue weighted by Gasteiger charge is 2.47. The molecule has 8 heteroatoms. The zero-order valence-corrected chi connectivity index (χ0v) is 21.3. The van der Waals surface area contributed by atoms with Crippen molar-refractivity contribution < 1.29 is 19.1 Å². The second-order valence-corrected chi connectivity index (χ2v) is 11.5. The van der Waals surface area contributed by atoms with Crippen LogP contribution in [-0.2, 0) is 14.3 Å². The van der Waals surface area contributed by atoms with Crippen LogP contribution in [0.25, 0.3) is 0 Å². The van der Waals surface area contributed by atoms with E-state index in [0.717, 1.165) is 57.9 Å². The van der Waals surface area contributed by atoms with Gasteiger partial charge in [0.2, 0.25) is 11.8 Å².